The largest absolute Gasteiger partial charge is 0.364 e. The molecule has 5 nitrogen and oxygen atoms in total. The Kier molecular flexibility index (Phi) is 4.71. The summed E-state index contributed by atoms with van der Waals surface area (Å²) >= 11 is 5.06. The van der Waals surface area contributed by atoms with E-state index in [-0.39, 0.29) is 23.8 Å². The van der Waals surface area contributed by atoms with Crippen LogP contribution in [-0.2, 0) is 16.6 Å². The number of nitrogens with one attached hydrogen (secondary N) is 1. The second-order valence-corrected chi connectivity index (χ2v) is 6.55. The van der Waals surface area contributed by atoms with Gasteiger partial charge in [-0.15, -0.1) is 0 Å². The molecule has 3 rings (SSSR count). The SMILES string of the molecule is Cc1cc(C(F)(F)Cl)nc(N2NC(C)C(Cc3ccccc3)C2=O)n1. The highest BCUT2D eigenvalue weighted by Gasteiger charge is 2.40. The Morgan fingerprint density at radius 3 is 2.60 bits per heavy atom. The predicted octanol–water partition coefficient (Wildman–Crippen LogP) is 3.17. The van der Waals surface area contributed by atoms with Gasteiger partial charge < -0.3 is 0 Å². The quantitative estimate of drug-likeness (QED) is 0.844. The molecule has 1 fully saturated rings. The van der Waals surface area contributed by atoms with Crippen LogP contribution in [0.2, 0.25) is 0 Å². The summed E-state index contributed by atoms with van der Waals surface area (Å²) in [6, 6.07) is 10.5. The smallest absolute Gasteiger partial charge is 0.273 e. The van der Waals surface area contributed by atoms with Gasteiger partial charge in [0.25, 0.3) is 0 Å². The summed E-state index contributed by atoms with van der Waals surface area (Å²) < 4.78 is 26.8. The van der Waals surface area contributed by atoms with E-state index >= 15 is 0 Å². The van der Waals surface area contributed by atoms with Crippen LogP contribution in [0.15, 0.2) is 36.4 Å². The molecule has 1 aromatic heterocycles. The van der Waals surface area contributed by atoms with Crippen molar-refractivity contribution in [1.82, 2.24) is 15.4 Å². The van der Waals surface area contributed by atoms with Crippen molar-refractivity contribution in [2.24, 2.45) is 5.92 Å². The highest BCUT2D eigenvalue weighted by atomic mass is 35.5. The number of nitrogens with zero attached hydrogens (tertiary/aromatic N) is 3. The Balaban J connectivity index is 1.87. The number of carbonyl (C=O) groups is 1. The van der Waals surface area contributed by atoms with E-state index in [2.05, 4.69) is 15.4 Å². The van der Waals surface area contributed by atoms with E-state index in [4.69, 9.17) is 11.6 Å². The standard InChI is InChI=1S/C17H17ClF2N4O/c1-10-8-14(17(18,19)20)22-16(21-10)24-15(25)13(11(2)23-24)9-12-6-4-3-5-7-12/h3-8,11,13,23H,9H2,1-2H3. The molecule has 1 aromatic carbocycles. The molecule has 2 aromatic rings. The first-order chi connectivity index (χ1) is 11.8. The van der Waals surface area contributed by atoms with Crippen LogP contribution < -0.4 is 10.4 Å². The third-order valence-corrected chi connectivity index (χ3v) is 4.30. The van der Waals surface area contributed by atoms with E-state index < -0.39 is 11.1 Å². The molecule has 1 amide bonds. The fourth-order valence-electron chi connectivity index (χ4n) is 2.82. The summed E-state index contributed by atoms with van der Waals surface area (Å²) in [4.78, 5) is 20.6. The van der Waals surface area contributed by atoms with Crippen LogP contribution in [0.5, 0.6) is 0 Å². The maximum Gasteiger partial charge on any atom is 0.364 e. The molecule has 0 spiro atoms. The van der Waals surface area contributed by atoms with Crippen molar-refractivity contribution in [3.63, 3.8) is 0 Å². The first kappa shape index (κ1) is 17.7. The van der Waals surface area contributed by atoms with Crippen LogP contribution in [-0.4, -0.2) is 21.9 Å². The number of hydrogen-bond acceptors (Lipinski definition) is 4. The zero-order chi connectivity index (χ0) is 18.2. The summed E-state index contributed by atoms with van der Waals surface area (Å²) in [7, 11) is 0. The number of anilines is 1. The number of hydrogen-bond donors (Lipinski definition) is 1. The van der Waals surface area contributed by atoms with Crippen LogP contribution in [0, 0.1) is 12.8 Å². The lowest BCUT2D eigenvalue weighted by molar-refractivity contribution is -0.120. The molecule has 132 valence electrons. The summed E-state index contributed by atoms with van der Waals surface area (Å²) in [5.41, 5.74) is 3.66. The van der Waals surface area contributed by atoms with E-state index in [1.165, 1.54) is 0 Å². The average molecular weight is 367 g/mol. The fourth-order valence-corrected chi connectivity index (χ4v) is 2.92. The van der Waals surface area contributed by atoms with E-state index in [0.717, 1.165) is 16.6 Å². The molecule has 1 aliphatic rings. The zero-order valence-corrected chi connectivity index (χ0v) is 14.5. The number of rotatable bonds is 4. The minimum Gasteiger partial charge on any atom is -0.273 e. The Bertz CT molecular complexity index is 782. The molecule has 25 heavy (non-hydrogen) atoms. The number of carbonyl (C=O) groups excluding carboxylic acids is 1. The van der Waals surface area contributed by atoms with Gasteiger partial charge in [0.15, 0.2) is 0 Å². The molecule has 1 saturated heterocycles. The first-order valence-corrected chi connectivity index (χ1v) is 8.20. The van der Waals surface area contributed by atoms with Gasteiger partial charge in [0.05, 0.1) is 5.92 Å². The van der Waals surface area contributed by atoms with E-state index in [0.29, 0.717) is 12.1 Å². The minimum absolute atomic E-state index is 0.122. The van der Waals surface area contributed by atoms with Gasteiger partial charge in [0.2, 0.25) is 11.9 Å². The number of hydrazine groups is 1. The van der Waals surface area contributed by atoms with Crippen LogP contribution in [0.25, 0.3) is 0 Å². The van der Waals surface area contributed by atoms with Gasteiger partial charge in [0.1, 0.15) is 5.69 Å². The summed E-state index contributed by atoms with van der Waals surface area (Å²) in [6.07, 6.45) is 0.536. The van der Waals surface area contributed by atoms with Crippen molar-refractivity contribution >= 4 is 23.5 Å². The number of halogens is 3. The summed E-state index contributed by atoms with van der Waals surface area (Å²) in [6.45, 7) is 3.40. The topological polar surface area (TPSA) is 58.1 Å². The summed E-state index contributed by atoms with van der Waals surface area (Å²) in [5.74, 6) is -0.722. The van der Waals surface area contributed by atoms with Gasteiger partial charge >= 0.3 is 5.38 Å². The highest BCUT2D eigenvalue weighted by Crippen LogP contribution is 2.32. The molecule has 2 unspecified atom stereocenters. The summed E-state index contributed by atoms with van der Waals surface area (Å²) in [5, 5.41) is -2.49. The number of amides is 1. The Morgan fingerprint density at radius 2 is 1.96 bits per heavy atom. The molecule has 0 aliphatic carbocycles. The molecular weight excluding hydrogens is 350 g/mol. The maximum atomic E-state index is 13.4. The van der Waals surface area contributed by atoms with Crippen molar-refractivity contribution in [1.29, 1.82) is 0 Å². The highest BCUT2D eigenvalue weighted by molar-refractivity contribution is 6.21. The second-order valence-electron chi connectivity index (χ2n) is 6.08. The van der Waals surface area contributed by atoms with Crippen LogP contribution in [0.4, 0.5) is 14.7 Å². The van der Waals surface area contributed by atoms with Crippen molar-refractivity contribution in [3.05, 3.63) is 53.3 Å². The van der Waals surface area contributed by atoms with Gasteiger partial charge in [-0.3, -0.25) is 4.79 Å². The third-order valence-electron chi connectivity index (χ3n) is 4.11. The van der Waals surface area contributed by atoms with Gasteiger partial charge in [-0.2, -0.15) is 8.78 Å². The molecule has 2 atom stereocenters. The van der Waals surface area contributed by atoms with Crippen molar-refractivity contribution < 1.29 is 13.6 Å². The Labute approximate surface area is 149 Å². The lowest BCUT2D eigenvalue weighted by Crippen LogP contribution is -2.38. The molecule has 2 heterocycles. The zero-order valence-electron chi connectivity index (χ0n) is 13.7. The fraction of sp³-hybridized carbons (Fsp3) is 0.353. The van der Waals surface area contributed by atoms with Gasteiger partial charge in [-0.1, -0.05) is 30.3 Å². The van der Waals surface area contributed by atoms with Crippen molar-refractivity contribution in [3.8, 4) is 0 Å². The number of aryl methyl sites for hydroxylation is 1. The monoisotopic (exact) mass is 366 g/mol. The maximum absolute atomic E-state index is 13.4. The van der Waals surface area contributed by atoms with E-state index in [1.807, 2.05) is 37.3 Å². The molecule has 1 N–H and O–H groups in total. The van der Waals surface area contributed by atoms with Crippen molar-refractivity contribution in [2.75, 3.05) is 5.01 Å². The van der Waals surface area contributed by atoms with Gasteiger partial charge in [-0.05, 0) is 43.5 Å². The minimum atomic E-state index is -3.62. The molecule has 8 heteroatoms. The van der Waals surface area contributed by atoms with Crippen LogP contribution >= 0.6 is 11.6 Å². The van der Waals surface area contributed by atoms with Crippen LogP contribution in [0.1, 0.15) is 23.9 Å². The van der Waals surface area contributed by atoms with Crippen LogP contribution in [0.3, 0.4) is 0 Å². The van der Waals surface area contributed by atoms with Gasteiger partial charge in [0, 0.05) is 11.7 Å². The lowest BCUT2D eigenvalue weighted by atomic mass is 9.94. The Hall–Kier alpha value is -2.12. The molecule has 0 radical (unpaired) electrons. The normalized spacial score (nSPS) is 21.0. The van der Waals surface area contributed by atoms with Gasteiger partial charge in [-0.25, -0.2) is 20.4 Å². The van der Waals surface area contributed by atoms with Crippen molar-refractivity contribution in [2.45, 2.75) is 31.7 Å². The lowest BCUT2D eigenvalue weighted by Gasteiger charge is -2.17. The number of benzene rings is 1. The predicted molar refractivity (Wildman–Crippen MR) is 90.2 cm³/mol. The van der Waals surface area contributed by atoms with E-state index in [9.17, 15) is 13.6 Å². The molecular formula is C17H17ClF2N4O. The Morgan fingerprint density at radius 1 is 1.28 bits per heavy atom. The van der Waals surface area contributed by atoms with E-state index in [1.54, 1.807) is 6.92 Å². The third kappa shape index (κ3) is 3.77. The first-order valence-electron chi connectivity index (χ1n) is 7.82. The number of aromatic nitrogens is 2. The molecule has 1 aliphatic heterocycles. The molecule has 0 saturated carbocycles. The molecule has 0 bridgehead atoms. The second kappa shape index (κ2) is 6.65. The average Bonchev–Trinajstić information content (AvgIpc) is 2.83. The number of alkyl halides is 3.